The Bertz CT molecular complexity index is 371. The van der Waals surface area contributed by atoms with Gasteiger partial charge in [-0.25, -0.2) is 0 Å². The van der Waals surface area contributed by atoms with Gasteiger partial charge >= 0.3 is 0 Å². The molecule has 1 atom stereocenters. The minimum absolute atomic E-state index is 0.0528. The third-order valence-corrected chi connectivity index (χ3v) is 2.81. The molecule has 0 aliphatic heterocycles. The monoisotopic (exact) mass is 238 g/mol. The van der Waals surface area contributed by atoms with Crippen LogP contribution in [0.2, 0.25) is 0 Å². The zero-order valence-corrected chi connectivity index (χ0v) is 10.9. The lowest BCUT2D eigenvalue weighted by molar-refractivity contribution is 0.0934. The van der Waals surface area contributed by atoms with Crippen LogP contribution in [0.5, 0.6) is 0 Å². The van der Waals surface area contributed by atoms with E-state index in [1.165, 1.54) is 0 Å². The van der Waals surface area contributed by atoms with E-state index >= 15 is 0 Å². The number of furan rings is 1. The van der Waals surface area contributed by atoms with Gasteiger partial charge in [-0.05, 0) is 26.3 Å². The third kappa shape index (κ3) is 3.89. The molecule has 0 aliphatic rings. The summed E-state index contributed by atoms with van der Waals surface area (Å²) in [6.45, 7) is 6.23. The zero-order chi connectivity index (χ0) is 12.8. The predicted octanol–water partition coefficient (Wildman–Crippen LogP) is 2.14. The van der Waals surface area contributed by atoms with Crippen molar-refractivity contribution in [2.45, 2.75) is 46.1 Å². The fraction of sp³-hybridized carbons (Fsp3) is 0.615. The van der Waals surface area contributed by atoms with Crippen LogP contribution in [-0.2, 0) is 0 Å². The fourth-order valence-corrected chi connectivity index (χ4v) is 1.82. The van der Waals surface area contributed by atoms with E-state index in [-0.39, 0.29) is 11.9 Å². The molecule has 0 fully saturated rings. The maximum absolute atomic E-state index is 12.0. The Morgan fingerprint density at radius 2 is 2.24 bits per heavy atom. The van der Waals surface area contributed by atoms with Crippen molar-refractivity contribution in [3.63, 3.8) is 0 Å². The number of carbonyl (C=O) groups excluding carboxylic acids is 1. The molecule has 1 aromatic rings. The summed E-state index contributed by atoms with van der Waals surface area (Å²) in [4.78, 5) is 12.0. The Balaban J connectivity index is 2.61. The van der Waals surface area contributed by atoms with Crippen molar-refractivity contribution in [3.8, 4) is 0 Å². The summed E-state index contributed by atoms with van der Waals surface area (Å²) in [6.07, 6.45) is 3.11. The Labute approximate surface area is 103 Å². The van der Waals surface area contributed by atoms with Crippen molar-refractivity contribution < 1.29 is 9.21 Å². The first-order chi connectivity index (χ1) is 8.08. The number of unbranched alkanes of at least 4 members (excludes halogenated alkanes) is 1. The highest BCUT2D eigenvalue weighted by Crippen LogP contribution is 2.13. The van der Waals surface area contributed by atoms with E-state index in [0.29, 0.717) is 17.9 Å². The van der Waals surface area contributed by atoms with Crippen LogP contribution in [0.4, 0.5) is 0 Å². The smallest absolute Gasteiger partial charge is 0.255 e. The first-order valence-electron chi connectivity index (χ1n) is 6.16. The van der Waals surface area contributed by atoms with Gasteiger partial charge in [-0.15, -0.1) is 0 Å². The largest absolute Gasteiger partial charge is 0.466 e. The molecule has 0 aliphatic carbocycles. The molecule has 4 heteroatoms. The van der Waals surface area contributed by atoms with Crippen LogP contribution >= 0.6 is 0 Å². The number of hydrogen-bond donors (Lipinski definition) is 2. The molecule has 0 spiro atoms. The summed E-state index contributed by atoms with van der Waals surface area (Å²) in [5.41, 5.74) is 6.25. The number of aryl methyl sites for hydroxylation is 2. The van der Waals surface area contributed by atoms with Crippen molar-refractivity contribution in [2.75, 3.05) is 6.54 Å². The van der Waals surface area contributed by atoms with Crippen LogP contribution in [0.15, 0.2) is 10.5 Å². The Morgan fingerprint density at radius 1 is 1.53 bits per heavy atom. The molecule has 0 bridgehead atoms. The number of carbonyl (C=O) groups is 1. The van der Waals surface area contributed by atoms with Gasteiger partial charge in [0.15, 0.2) is 0 Å². The normalized spacial score (nSPS) is 12.5. The molecule has 96 valence electrons. The number of amides is 1. The summed E-state index contributed by atoms with van der Waals surface area (Å²) in [6, 6.07) is 1.81. The average Bonchev–Trinajstić information content (AvgIpc) is 2.63. The number of hydrogen-bond acceptors (Lipinski definition) is 3. The van der Waals surface area contributed by atoms with Crippen LogP contribution in [0.25, 0.3) is 0 Å². The van der Waals surface area contributed by atoms with Gasteiger partial charge in [-0.3, -0.25) is 4.79 Å². The number of rotatable bonds is 6. The maximum atomic E-state index is 12.0. The van der Waals surface area contributed by atoms with Crippen molar-refractivity contribution in [3.05, 3.63) is 23.2 Å². The predicted molar refractivity (Wildman–Crippen MR) is 68.0 cm³/mol. The fourth-order valence-electron chi connectivity index (χ4n) is 1.82. The zero-order valence-electron chi connectivity index (χ0n) is 10.9. The highest BCUT2D eigenvalue weighted by Gasteiger charge is 2.16. The molecule has 3 N–H and O–H groups in total. The molecule has 4 nitrogen and oxygen atoms in total. The standard InChI is InChI=1S/C13H22N2O2/c1-4-5-6-11(8-14)15-13(16)12-7-9(2)17-10(12)3/h7,11H,4-6,8,14H2,1-3H3,(H,15,16). The van der Waals surface area contributed by atoms with Gasteiger partial charge in [0, 0.05) is 12.6 Å². The molecular formula is C13H22N2O2. The summed E-state index contributed by atoms with van der Waals surface area (Å²) in [7, 11) is 0. The molecule has 17 heavy (non-hydrogen) atoms. The van der Waals surface area contributed by atoms with Crippen molar-refractivity contribution in [1.82, 2.24) is 5.32 Å². The van der Waals surface area contributed by atoms with Gasteiger partial charge in [0.05, 0.1) is 5.56 Å². The average molecular weight is 238 g/mol. The molecule has 1 rings (SSSR count). The van der Waals surface area contributed by atoms with Crippen LogP contribution < -0.4 is 11.1 Å². The summed E-state index contributed by atoms with van der Waals surface area (Å²) >= 11 is 0. The van der Waals surface area contributed by atoms with E-state index in [1.54, 1.807) is 13.0 Å². The van der Waals surface area contributed by atoms with Crippen molar-refractivity contribution in [2.24, 2.45) is 5.73 Å². The highest BCUT2D eigenvalue weighted by atomic mass is 16.3. The Hall–Kier alpha value is -1.29. The summed E-state index contributed by atoms with van der Waals surface area (Å²) < 4.78 is 5.34. The molecule has 1 unspecified atom stereocenters. The van der Waals surface area contributed by atoms with E-state index in [2.05, 4.69) is 12.2 Å². The molecular weight excluding hydrogens is 216 g/mol. The first kappa shape index (κ1) is 13.8. The Kier molecular flexibility index (Phi) is 5.22. The molecule has 0 radical (unpaired) electrons. The lowest BCUT2D eigenvalue weighted by atomic mass is 10.1. The molecule has 0 saturated heterocycles. The molecule has 1 aromatic heterocycles. The second-order valence-corrected chi connectivity index (χ2v) is 4.38. The van der Waals surface area contributed by atoms with Crippen LogP contribution in [-0.4, -0.2) is 18.5 Å². The van der Waals surface area contributed by atoms with Crippen molar-refractivity contribution in [1.29, 1.82) is 0 Å². The van der Waals surface area contributed by atoms with E-state index in [4.69, 9.17) is 10.2 Å². The van der Waals surface area contributed by atoms with Crippen LogP contribution in [0.1, 0.15) is 48.1 Å². The van der Waals surface area contributed by atoms with Gasteiger partial charge in [-0.1, -0.05) is 19.8 Å². The molecule has 0 aromatic carbocycles. The summed E-state index contributed by atoms with van der Waals surface area (Å²) in [5, 5.41) is 2.95. The first-order valence-corrected chi connectivity index (χ1v) is 6.16. The van der Waals surface area contributed by atoms with Gasteiger partial charge in [0.1, 0.15) is 11.5 Å². The van der Waals surface area contributed by atoms with Crippen molar-refractivity contribution >= 4 is 5.91 Å². The second-order valence-electron chi connectivity index (χ2n) is 4.38. The quantitative estimate of drug-likeness (QED) is 0.797. The van der Waals surface area contributed by atoms with Gasteiger partial charge in [0.2, 0.25) is 0 Å². The minimum atomic E-state index is -0.0918. The lowest BCUT2D eigenvalue weighted by Gasteiger charge is -2.15. The SMILES string of the molecule is CCCCC(CN)NC(=O)c1cc(C)oc1C. The van der Waals surface area contributed by atoms with Gasteiger partial charge in [0.25, 0.3) is 5.91 Å². The number of nitrogens with one attached hydrogen (secondary N) is 1. The highest BCUT2D eigenvalue weighted by molar-refractivity contribution is 5.95. The second kappa shape index (κ2) is 6.45. The van der Waals surface area contributed by atoms with E-state index in [1.807, 2.05) is 6.92 Å². The van der Waals surface area contributed by atoms with Crippen LogP contribution in [0.3, 0.4) is 0 Å². The molecule has 1 heterocycles. The van der Waals surface area contributed by atoms with Gasteiger partial charge < -0.3 is 15.5 Å². The van der Waals surface area contributed by atoms with Gasteiger partial charge in [-0.2, -0.15) is 0 Å². The van der Waals surface area contributed by atoms with E-state index in [0.717, 1.165) is 25.0 Å². The topological polar surface area (TPSA) is 68.3 Å². The lowest BCUT2D eigenvalue weighted by Crippen LogP contribution is -2.40. The van der Waals surface area contributed by atoms with E-state index in [9.17, 15) is 4.79 Å². The Morgan fingerprint density at radius 3 is 2.71 bits per heavy atom. The maximum Gasteiger partial charge on any atom is 0.255 e. The molecule has 0 saturated carbocycles. The third-order valence-electron chi connectivity index (χ3n) is 2.81. The molecule has 1 amide bonds. The summed E-state index contributed by atoms with van der Waals surface area (Å²) in [5.74, 6) is 1.32. The van der Waals surface area contributed by atoms with Crippen LogP contribution in [0, 0.1) is 13.8 Å². The van der Waals surface area contributed by atoms with E-state index < -0.39 is 0 Å². The number of nitrogens with two attached hydrogens (primary N) is 1. The minimum Gasteiger partial charge on any atom is -0.466 e.